The molecule has 0 aliphatic heterocycles. The molecule has 1 nitrogen and oxygen atoms in total. The van der Waals surface area contributed by atoms with Gasteiger partial charge in [-0.3, -0.25) is 0 Å². The minimum atomic E-state index is -0.430. The van der Waals surface area contributed by atoms with E-state index < -0.39 is 5.41 Å². The van der Waals surface area contributed by atoms with E-state index in [4.69, 9.17) is 0 Å². The van der Waals surface area contributed by atoms with Crippen LogP contribution in [-0.4, -0.2) is 4.57 Å². The summed E-state index contributed by atoms with van der Waals surface area (Å²) in [6, 6.07) is 64.5. The van der Waals surface area contributed by atoms with Crippen LogP contribution in [0.15, 0.2) is 176 Å². The molecule has 0 unspecified atom stereocenters. The van der Waals surface area contributed by atoms with Crippen LogP contribution in [0.3, 0.4) is 0 Å². The molecular formula is C43H29N. The molecule has 0 spiro atoms. The van der Waals surface area contributed by atoms with Gasteiger partial charge in [0.2, 0.25) is 0 Å². The Morgan fingerprint density at radius 1 is 0.364 bits per heavy atom. The Labute approximate surface area is 257 Å². The lowest BCUT2D eigenvalue weighted by molar-refractivity contribution is 0.770. The number of rotatable bonds is 4. The largest absolute Gasteiger partial charge is 0.309 e. The van der Waals surface area contributed by atoms with Crippen molar-refractivity contribution in [2.45, 2.75) is 5.41 Å². The first-order valence-corrected chi connectivity index (χ1v) is 15.3. The van der Waals surface area contributed by atoms with E-state index in [2.05, 4.69) is 180 Å². The zero-order valence-corrected chi connectivity index (χ0v) is 24.2. The topological polar surface area (TPSA) is 4.93 Å². The molecule has 9 rings (SSSR count). The van der Waals surface area contributed by atoms with E-state index in [1.165, 1.54) is 72.0 Å². The summed E-state index contributed by atoms with van der Waals surface area (Å²) in [5.74, 6) is 0. The van der Waals surface area contributed by atoms with E-state index in [0.717, 1.165) is 0 Å². The quantitative estimate of drug-likeness (QED) is 0.202. The van der Waals surface area contributed by atoms with E-state index in [1.54, 1.807) is 0 Å². The summed E-state index contributed by atoms with van der Waals surface area (Å²) in [6.45, 7) is 0. The fraction of sp³-hybridized carbons (Fsp3) is 0.0233. The van der Waals surface area contributed by atoms with Crippen LogP contribution >= 0.6 is 0 Å². The van der Waals surface area contributed by atoms with Gasteiger partial charge >= 0.3 is 0 Å². The molecule has 44 heavy (non-hydrogen) atoms. The first kappa shape index (κ1) is 24.9. The van der Waals surface area contributed by atoms with Crippen molar-refractivity contribution in [3.05, 3.63) is 198 Å². The molecule has 8 aromatic rings. The Morgan fingerprint density at radius 2 is 0.886 bits per heavy atom. The minimum absolute atomic E-state index is 0.430. The van der Waals surface area contributed by atoms with Crippen LogP contribution < -0.4 is 0 Å². The van der Waals surface area contributed by atoms with Crippen LogP contribution in [0.25, 0.3) is 49.7 Å². The van der Waals surface area contributed by atoms with E-state index >= 15 is 0 Å². The zero-order chi connectivity index (χ0) is 29.1. The summed E-state index contributed by atoms with van der Waals surface area (Å²) in [4.78, 5) is 0. The van der Waals surface area contributed by atoms with Crippen molar-refractivity contribution >= 4 is 21.8 Å². The van der Waals surface area contributed by atoms with Crippen molar-refractivity contribution in [1.82, 2.24) is 4.57 Å². The Morgan fingerprint density at radius 3 is 1.55 bits per heavy atom. The maximum atomic E-state index is 2.47. The molecule has 0 saturated heterocycles. The molecule has 0 N–H and O–H groups in total. The molecule has 0 amide bonds. The number of nitrogens with zero attached hydrogens (tertiary/aromatic N) is 1. The molecule has 0 atom stereocenters. The Bertz CT molecular complexity index is 2270. The van der Waals surface area contributed by atoms with Gasteiger partial charge in [-0.25, -0.2) is 0 Å². The van der Waals surface area contributed by atoms with Crippen LogP contribution in [0.2, 0.25) is 0 Å². The van der Waals surface area contributed by atoms with Gasteiger partial charge in [-0.1, -0.05) is 140 Å². The van der Waals surface area contributed by atoms with Gasteiger partial charge < -0.3 is 4.57 Å². The summed E-state index contributed by atoms with van der Waals surface area (Å²) >= 11 is 0. The van der Waals surface area contributed by atoms with Crippen molar-refractivity contribution in [3.8, 4) is 27.9 Å². The SMILES string of the molecule is c1ccc(-c2ccc3c(c2)c2cc(C4(c5ccccc5)c5ccccc5-c5ccccc54)ccc2n3-c2ccccc2)cc1. The first-order chi connectivity index (χ1) is 21.8. The second kappa shape index (κ2) is 9.69. The summed E-state index contributed by atoms with van der Waals surface area (Å²) in [5.41, 5.74) is 13.5. The Kier molecular flexibility index (Phi) is 5.48. The maximum Gasteiger partial charge on any atom is 0.0713 e. The van der Waals surface area contributed by atoms with Crippen LogP contribution in [0, 0.1) is 0 Å². The van der Waals surface area contributed by atoms with E-state index in [9.17, 15) is 0 Å². The molecule has 1 heterocycles. The lowest BCUT2D eigenvalue weighted by atomic mass is 9.67. The highest BCUT2D eigenvalue weighted by Crippen LogP contribution is 2.56. The van der Waals surface area contributed by atoms with E-state index in [1.807, 2.05) is 0 Å². The summed E-state index contributed by atoms with van der Waals surface area (Å²) in [6.07, 6.45) is 0. The van der Waals surface area contributed by atoms with Crippen molar-refractivity contribution in [1.29, 1.82) is 0 Å². The highest BCUT2D eigenvalue weighted by molar-refractivity contribution is 6.11. The highest BCUT2D eigenvalue weighted by Gasteiger charge is 2.46. The smallest absolute Gasteiger partial charge is 0.0713 e. The molecule has 1 aromatic heterocycles. The standard InChI is InChI=1S/C43H29N/c1-4-14-30(15-5-1)31-24-26-41-37(28-31)38-29-33(25-27-42(38)44(41)34-18-8-3-9-19-34)43(32-16-6-2-7-17-32)39-22-12-10-20-35(39)36-21-11-13-23-40(36)43/h1-29H. The molecule has 0 saturated carbocycles. The Hall–Kier alpha value is -5.66. The number of hydrogen-bond acceptors (Lipinski definition) is 0. The van der Waals surface area contributed by atoms with Gasteiger partial charge in [-0.2, -0.15) is 0 Å². The van der Waals surface area contributed by atoms with E-state index in [-0.39, 0.29) is 0 Å². The van der Waals surface area contributed by atoms with Crippen LogP contribution in [0.4, 0.5) is 0 Å². The summed E-state index contributed by atoms with van der Waals surface area (Å²) in [5, 5.41) is 2.52. The summed E-state index contributed by atoms with van der Waals surface area (Å²) in [7, 11) is 0. The lowest BCUT2D eigenvalue weighted by Crippen LogP contribution is -2.28. The molecule has 7 aromatic carbocycles. The van der Waals surface area contributed by atoms with Crippen LogP contribution in [0.1, 0.15) is 22.3 Å². The first-order valence-electron chi connectivity index (χ1n) is 15.3. The van der Waals surface area contributed by atoms with Crippen molar-refractivity contribution in [3.63, 3.8) is 0 Å². The average Bonchev–Trinajstić information content (AvgIpc) is 3.59. The third kappa shape index (κ3) is 3.47. The maximum absolute atomic E-state index is 2.47. The summed E-state index contributed by atoms with van der Waals surface area (Å²) < 4.78 is 2.41. The zero-order valence-electron chi connectivity index (χ0n) is 24.2. The molecule has 1 aliphatic carbocycles. The van der Waals surface area contributed by atoms with E-state index in [0.29, 0.717) is 0 Å². The molecule has 0 bridgehead atoms. The Balaban J connectivity index is 1.40. The van der Waals surface area contributed by atoms with Gasteiger partial charge in [0.05, 0.1) is 16.4 Å². The van der Waals surface area contributed by atoms with Gasteiger partial charge in [-0.15, -0.1) is 0 Å². The van der Waals surface area contributed by atoms with Gasteiger partial charge in [-0.05, 0) is 80.9 Å². The number of para-hydroxylation sites is 1. The molecular weight excluding hydrogens is 530 g/mol. The van der Waals surface area contributed by atoms with Crippen molar-refractivity contribution in [2.24, 2.45) is 0 Å². The lowest BCUT2D eigenvalue weighted by Gasteiger charge is -2.34. The molecule has 0 radical (unpaired) electrons. The molecule has 1 aliphatic rings. The van der Waals surface area contributed by atoms with Crippen molar-refractivity contribution in [2.75, 3.05) is 0 Å². The third-order valence-electron chi connectivity index (χ3n) is 9.48. The molecule has 0 fully saturated rings. The third-order valence-corrected chi connectivity index (χ3v) is 9.48. The van der Waals surface area contributed by atoms with Gasteiger partial charge in [0.25, 0.3) is 0 Å². The number of aromatic nitrogens is 1. The van der Waals surface area contributed by atoms with Crippen LogP contribution in [0.5, 0.6) is 0 Å². The fourth-order valence-corrected chi connectivity index (χ4v) is 7.63. The second-order valence-electron chi connectivity index (χ2n) is 11.7. The highest BCUT2D eigenvalue weighted by atomic mass is 15.0. The molecule has 1 heteroatoms. The monoisotopic (exact) mass is 559 g/mol. The van der Waals surface area contributed by atoms with Crippen molar-refractivity contribution < 1.29 is 0 Å². The van der Waals surface area contributed by atoms with Gasteiger partial charge in [0.15, 0.2) is 0 Å². The number of benzene rings is 7. The average molecular weight is 560 g/mol. The minimum Gasteiger partial charge on any atom is -0.309 e. The predicted molar refractivity (Wildman–Crippen MR) is 184 cm³/mol. The molecule has 206 valence electrons. The number of fused-ring (bicyclic) bond motifs is 6. The number of hydrogen-bond donors (Lipinski definition) is 0. The van der Waals surface area contributed by atoms with Gasteiger partial charge in [0, 0.05) is 16.5 Å². The second-order valence-corrected chi connectivity index (χ2v) is 11.7. The predicted octanol–water partition coefficient (Wildman–Crippen LogP) is 10.8. The van der Waals surface area contributed by atoms with Crippen LogP contribution in [-0.2, 0) is 5.41 Å². The normalized spacial score (nSPS) is 13.2. The van der Waals surface area contributed by atoms with Gasteiger partial charge in [0.1, 0.15) is 0 Å². The fourth-order valence-electron chi connectivity index (χ4n) is 7.63.